The van der Waals surface area contributed by atoms with Gasteiger partial charge in [-0.2, -0.15) is 13.2 Å². The number of hydrogen-bond donors (Lipinski definition) is 0. The van der Waals surface area contributed by atoms with E-state index in [1.165, 1.54) is 0 Å². The zero-order valence-electron chi connectivity index (χ0n) is 20.7. The van der Waals surface area contributed by atoms with Crippen LogP contribution in [-0.2, 0) is 28.6 Å². The van der Waals surface area contributed by atoms with E-state index in [0.717, 1.165) is 12.0 Å². The van der Waals surface area contributed by atoms with E-state index in [9.17, 15) is 27.6 Å². The first kappa shape index (κ1) is 27.3. The van der Waals surface area contributed by atoms with Crippen LogP contribution >= 0.6 is 0 Å². The molecule has 0 bridgehead atoms. The number of esters is 3. The molecule has 0 spiro atoms. The lowest BCUT2D eigenvalue weighted by molar-refractivity contribution is -0.209. The monoisotopic (exact) mass is 500 g/mol. The van der Waals surface area contributed by atoms with Gasteiger partial charge in [0.25, 0.3) is 0 Å². The molecule has 6 nitrogen and oxygen atoms in total. The topological polar surface area (TPSA) is 78.9 Å². The number of rotatable bonds is 7. The number of alkyl halides is 3. The summed E-state index contributed by atoms with van der Waals surface area (Å²) in [4.78, 5) is 35.8. The fourth-order valence-electron chi connectivity index (χ4n) is 5.36. The summed E-state index contributed by atoms with van der Waals surface area (Å²) in [6.45, 7) is 7.98. The molecule has 0 amide bonds. The summed E-state index contributed by atoms with van der Waals surface area (Å²) in [7, 11) is 0. The minimum atomic E-state index is -5.11. The molecule has 3 aliphatic rings. The van der Waals surface area contributed by atoms with Gasteiger partial charge in [0, 0.05) is 12.3 Å². The molecule has 1 aliphatic heterocycles. The van der Waals surface area contributed by atoms with Crippen LogP contribution in [0.5, 0.6) is 0 Å². The predicted molar refractivity (Wildman–Crippen MR) is 121 cm³/mol. The predicted octanol–water partition coefficient (Wildman–Crippen LogP) is 5.31. The fourth-order valence-corrected chi connectivity index (χ4v) is 5.36. The second kappa shape index (κ2) is 11.2. The highest BCUT2D eigenvalue weighted by atomic mass is 19.4. The first-order valence-electron chi connectivity index (χ1n) is 12.5. The van der Waals surface area contributed by atoms with Gasteiger partial charge >= 0.3 is 24.1 Å². The van der Waals surface area contributed by atoms with Crippen LogP contribution in [0.3, 0.4) is 0 Å². The van der Waals surface area contributed by atoms with Gasteiger partial charge in [0.1, 0.15) is 18.3 Å². The van der Waals surface area contributed by atoms with Crippen LogP contribution in [-0.4, -0.2) is 42.4 Å². The Bertz CT molecular complexity index is 864. The Labute approximate surface area is 204 Å². The number of fused-ring (bicyclic) bond motifs is 1. The second-order valence-corrected chi connectivity index (χ2v) is 10.2. The van der Waals surface area contributed by atoms with E-state index in [2.05, 4.69) is 36.8 Å². The zero-order chi connectivity index (χ0) is 25.9. The second-order valence-electron chi connectivity index (χ2n) is 10.2. The third kappa shape index (κ3) is 6.88. The minimum absolute atomic E-state index is 0.00245. The maximum absolute atomic E-state index is 12.6. The molecule has 0 aromatic carbocycles. The van der Waals surface area contributed by atoms with Crippen molar-refractivity contribution in [1.29, 1.82) is 0 Å². The van der Waals surface area contributed by atoms with Crippen molar-refractivity contribution >= 4 is 17.9 Å². The van der Waals surface area contributed by atoms with E-state index >= 15 is 0 Å². The third-order valence-corrected chi connectivity index (χ3v) is 7.42. The van der Waals surface area contributed by atoms with E-state index in [1.807, 2.05) is 13.8 Å². The Hall–Kier alpha value is -2.32. The highest BCUT2D eigenvalue weighted by Crippen LogP contribution is 2.45. The molecular formula is C26H35F3O6. The number of allylic oxidation sites excluding steroid dienone is 3. The molecule has 0 N–H and O–H groups in total. The summed E-state index contributed by atoms with van der Waals surface area (Å²) in [5.74, 6) is -2.83. The van der Waals surface area contributed by atoms with Gasteiger partial charge in [-0.25, -0.2) is 4.79 Å². The number of hydrogen-bond acceptors (Lipinski definition) is 6. The van der Waals surface area contributed by atoms with Crippen molar-refractivity contribution in [2.75, 3.05) is 0 Å². The van der Waals surface area contributed by atoms with Gasteiger partial charge in [-0.05, 0) is 49.0 Å². The van der Waals surface area contributed by atoms with Crippen molar-refractivity contribution in [3.05, 3.63) is 23.8 Å². The quantitative estimate of drug-likeness (QED) is 0.348. The van der Waals surface area contributed by atoms with Crippen LogP contribution < -0.4 is 0 Å². The summed E-state index contributed by atoms with van der Waals surface area (Å²) < 4.78 is 53.6. The molecule has 3 rings (SSSR count). The highest BCUT2D eigenvalue weighted by molar-refractivity contribution is 5.77. The molecule has 8 atom stereocenters. The number of cyclic esters (lactones) is 1. The van der Waals surface area contributed by atoms with Crippen molar-refractivity contribution in [3.63, 3.8) is 0 Å². The minimum Gasteiger partial charge on any atom is -0.462 e. The van der Waals surface area contributed by atoms with Crippen molar-refractivity contribution in [1.82, 2.24) is 0 Å². The van der Waals surface area contributed by atoms with Gasteiger partial charge in [-0.3, -0.25) is 9.59 Å². The van der Waals surface area contributed by atoms with Crippen LogP contribution in [0.4, 0.5) is 13.2 Å². The molecule has 0 aromatic heterocycles. The SMILES string of the molecule is CCC(C)C(=O)OC1CC(C)C=C2C=CC(C)C(CCC3CC(OC(=O)C(F)(F)F)CC(=O)O3)C21. The normalized spacial score (nSPS) is 33.7. The van der Waals surface area contributed by atoms with E-state index in [4.69, 9.17) is 9.47 Å². The molecule has 196 valence electrons. The van der Waals surface area contributed by atoms with Gasteiger partial charge in [-0.15, -0.1) is 0 Å². The number of halogens is 3. The number of carbonyl (C=O) groups excluding carboxylic acids is 3. The smallest absolute Gasteiger partial charge is 0.462 e. The van der Waals surface area contributed by atoms with E-state index in [-0.39, 0.29) is 54.5 Å². The molecule has 1 saturated heterocycles. The summed E-state index contributed by atoms with van der Waals surface area (Å²) >= 11 is 0. The lowest BCUT2D eigenvalue weighted by Crippen LogP contribution is -2.42. The average molecular weight is 501 g/mol. The maximum atomic E-state index is 12.6. The standard InChI is InChI=1S/C26H35F3O6/c1-5-15(3)24(31)35-21-11-14(2)10-17-7-6-16(4)20(23(17)21)9-8-18-12-19(13-22(30)33-18)34-25(32)26(27,28)29/h6-7,10,14-16,18-21,23H,5,8-9,11-13H2,1-4H3. The van der Waals surface area contributed by atoms with Gasteiger partial charge < -0.3 is 14.2 Å². The highest BCUT2D eigenvalue weighted by Gasteiger charge is 2.45. The third-order valence-electron chi connectivity index (χ3n) is 7.42. The molecule has 0 radical (unpaired) electrons. The Kier molecular flexibility index (Phi) is 8.70. The van der Waals surface area contributed by atoms with E-state index < -0.39 is 30.3 Å². The van der Waals surface area contributed by atoms with E-state index in [1.54, 1.807) is 0 Å². The Balaban J connectivity index is 1.70. The molecule has 0 saturated carbocycles. The largest absolute Gasteiger partial charge is 0.490 e. The van der Waals surface area contributed by atoms with Crippen LogP contribution in [0.2, 0.25) is 0 Å². The summed E-state index contributed by atoms with van der Waals surface area (Å²) in [5.41, 5.74) is 1.13. The van der Waals surface area contributed by atoms with Crippen molar-refractivity contribution in [2.45, 2.75) is 90.7 Å². The first-order chi connectivity index (χ1) is 16.4. The molecule has 0 aromatic rings. The first-order valence-corrected chi connectivity index (χ1v) is 12.5. The molecule has 2 aliphatic carbocycles. The van der Waals surface area contributed by atoms with Crippen molar-refractivity contribution in [2.24, 2.45) is 29.6 Å². The molecule has 35 heavy (non-hydrogen) atoms. The molecular weight excluding hydrogens is 465 g/mol. The Morgan fingerprint density at radius 2 is 1.89 bits per heavy atom. The molecule has 9 heteroatoms. The van der Waals surface area contributed by atoms with Crippen LogP contribution in [0, 0.1) is 29.6 Å². The molecule has 1 heterocycles. The lowest BCUT2D eigenvalue weighted by atomic mass is 9.65. The van der Waals surface area contributed by atoms with Crippen LogP contribution in [0.15, 0.2) is 23.8 Å². The zero-order valence-corrected chi connectivity index (χ0v) is 20.7. The van der Waals surface area contributed by atoms with Gasteiger partial charge in [0.2, 0.25) is 0 Å². The molecule has 1 fully saturated rings. The molecule has 8 unspecified atom stereocenters. The maximum Gasteiger partial charge on any atom is 0.490 e. The lowest BCUT2D eigenvalue weighted by Gasteiger charge is -2.43. The van der Waals surface area contributed by atoms with Gasteiger partial charge in [-0.1, -0.05) is 45.9 Å². The van der Waals surface area contributed by atoms with Crippen LogP contribution in [0.25, 0.3) is 0 Å². The van der Waals surface area contributed by atoms with Gasteiger partial charge in [0.05, 0.1) is 12.3 Å². The van der Waals surface area contributed by atoms with Crippen molar-refractivity contribution in [3.8, 4) is 0 Å². The Morgan fingerprint density at radius 1 is 1.17 bits per heavy atom. The summed E-state index contributed by atoms with van der Waals surface area (Å²) in [6.07, 6.45) is 1.36. The van der Waals surface area contributed by atoms with Crippen LogP contribution in [0.1, 0.15) is 66.2 Å². The average Bonchev–Trinajstić information content (AvgIpc) is 2.76. The van der Waals surface area contributed by atoms with Crippen molar-refractivity contribution < 1.29 is 41.8 Å². The summed E-state index contributed by atoms with van der Waals surface area (Å²) in [5, 5.41) is 0. The van der Waals surface area contributed by atoms with E-state index in [0.29, 0.717) is 19.3 Å². The summed E-state index contributed by atoms with van der Waals surface area (Å²) in [6, 6.07) is 0. The number of ether oxygens (including phenoxy) is 3. The Morgan fingerprint density at radius 3 is 2.54 bits per heavy atom. The van der Waals surface area contributed by atoms with Gasteiger partial charge in [0.15, 0.2) is 0 Å². The fraction of sp³-hybridized carbons (Fsp3) is 0.731. The number of carbonyl (C=O) groups is 3.